The van der Waals surface area contributed by atoms with Gasteiger partial charge in [0.15, 0.2) is 0 Å². The van der Waals surface area contributed by atoms with Crippen LogP contribution in [0, 0.1) is 0 Å². The maximum Gasteiger partial charge on any atom is 0.377 e. The van der Waals surface area contributed by atoms with Crippen molar-refractivity contribution in [1.29, 1.82) is 0 Å². The molecule has 0 unspecified atom stereocenters. The van der Waals surface area contributed by atoms with Crippen LogP contribution < -0.4 is 5.69 Å². The van der Waals surface area contributed by atoms with Gasteiger partial charge in [-0.1, -0.05) is 32.0 Å². The van der Waals surface area contributed by atoms with Crippen molar-refractivity contribution in [2.75, 3.05) is 0 Å². The zero-order chi connectivity index (χ0) is 10.4. The number of benzene rings is 1. The molecule has 4 nitrogen and oxygen atoms in total. The lowest BCUT2D eigenvalue weighted by Crippen LogP contribution is -1.99. The standard InChI is InChI=1S/C8H6N2O2.C2H6/c11-8-9-7(12-10-8)6-4-2-1-3-5-6;1-2/h1-5H,(H,10,11);1-2H3. The zero-order valence-electron chi connectivity index (χ0n) is 8.15. The first-order valence-corrected chi connectivity index (χ1v) is 4.47. The lowest BCUT2D eigenvalue weighted by molar-refractivity contribution is 0.424. The highest BCUT2D eigenvalue weighted by molar-refractivity contribution is 5.51. The fourth-order valence-corrected chi connectivity index (χ4v) is 0.934. The highest BCUT2D eigenvalue weighted by Gasteiger charge is 2.02. The lowest BCUT2D eigenvalue weighted by Gasteiger charge is -1.89. The molecule has 0 spiro atoms. The van der Waals surface area contributed by atoms with E-state index in [-0.39, 0.29) is 0 Å². The predicted molar refractivity (Wildman–Crippen MR) is 53.9 cm³/mol. The second-order valence-corrected chi connectivity index (χ2v) is 2.29. The molecule has 2 aromatic rings. The highest BCUT2D eigenvalue weighted by atomic mass is 16.5. The van der Waals surface area contributed by atoms with Gasteiger partial charge in [0.1, 0.15) is 0 Å². The molecule has 0 saturated carbocycles. The molecule has 1 aromatic heterocycles. The Labute approximate surface area is 81.6 Å². The van der Waals surface area contributed by atoms with Crippen LogP contribution in [0.4, 0.5) is 0 Å². The number of rotatable bonds is 1. The van der Waals surface area contributed by atoms with Gasteiger partial charge in [-0.2, -0.15) is 10.1 Å². The summed E-state index contributed by atoms with van der Waals surface area (Å²) in [4.78, 5) is 14.2. The van der Waals surface area contributed by atoms with Gasteiger partial charge < -0.3 is 4.52 Å². The minimum atomic E-state index is -0.464. The van der Waals surface area contributed by atoms with Crippen LogP contribution in [0.25, 0.3) is 11.5 Å². The summed E-state index contributed by atoms with van der Waals surface area (Å²) in [6.07, 6.45) is 0. The molecule has 4 heteroatoms. The van der Waals surface area contributed by atoms with Crippen molar-refractivity contribution in [1.82, 2.24) is 10.1 Å². The van der Waals surface area contributed by atoms with Crippen molar-refractivity contribution >= 4 is 0 Å². The largest absolute Gasteiger partial charge is 0.377 e. The van der Waals surface area contributed by atoms with Crippen LogP contribution in [0.5, 0.6) is 0 Å². The average molecular weight is 192 g/mol. The van der Waals surface area contributed by atoms with E-state index in [1.54, 1.807) is 0 Å². The molecule has 0 aliphatic heterocycles. The average Bonchev–Trinajstić information content (AvgIpc) is 2.69. The van der Waals surface area contributed by atoms with Gasteiger partial charge in [0.05, 0.1) is 0 Å². The molecule has 0 aliphatic rings. The van der Waals surface area contributed by atoms with E-state index in [1.807, 2.05) is 44.2 Å². The molecule has 1 aromatic carbocycles. The molecule has 0 radical (unpaired) electrons. The van der Waals surface area contributed by atoms with Crippen LogP contribution in [-0.2, 0) is 0 Å². The van der Waals surface area contributed by atoms with Crippen molar-refractivity contribution in [2.45, 2.75) is 13.8 Å². The van der Waals surface area contributed by atoms with Crippen molar-refractivity contribution < 1.29 is 4.52 Å². The number of hydrogen-bond donors (Lipinski definition) is 1. The quantitative estimate of drug-likeness (QED) is 0.752. The van der Waals surface area contributed by atoms with E-state index in [0.717, 1.165) is 5.56 Å². The van der Waals surface area contributed by atoms with Gasteiger partial charge in [0, 0.05) is 5.56 Å². The molecule has 0 saturated heterocycles. The Morgan fingerprint density at radius 3 is 2.36 bits per heavy atom. The van der Waals surface area contributed by atoms with Gasteiger partial charge in [0.2, 0.25) is 0 Å². The molecule has 0 fully saturated rings. The Balaban J connectivity index is 0.000000461. The Hall–Kier alpha value is -1.84. The summed E-state index contributed by atoms with van der Waals surface area (Å²) in [7, 11) is 0. The van der Waals surface area contributed by atoms with Gasteiger partial charge >= 0.3 is 5.69 Å². The van der Waals surface area contributed by atoms with Gasteiger partial charge in [0.25, 0.3) is 5.89 Å². The first-order valence-electron chi connectivity index (χ1n) is 4.47. The zero-order valence-corrected chi connectivity index (χ0v) is 8.15. The topological polar surface area (TPSA) is 58.9 Å². The molecule has 0 atom stereocenters. The lowest BCUT2D eigenvalue weighted by atomic mass is 10.2. The first kappa shape index (κ1) is 10.2. The van der Waals surface area contributed by atoms with Crippen LogP contribution in [-0.4, -0.2) is 10.1 Å². The maximum atomic E-state index is 10.6. The van der Waals surface area contributed by atoms with Crippen LogP contribution in [0.15, 0.2) is 39.6 Å². The minimum Gasteiger partial charge on any atom is -0.357 e. The number of hydrogen-bond acceptors (Lipinski definition) is 3. The van der Waals surface area contributed by atoms with Crippen molar-refractivity contribution in [3.63, 3.8) is 0 Å². The summed E-state index contributed by atoms with van der Waals surface area (Å²) in [5.41, 5.74) is 0.324. The molecule has 14 heavy (non-hydrogen) atoms. The van der Waals surface area contributed by atoms with Gasteiger partial charge in [-0.3, -0.25) is 0 Å². The van der Waals surface area contributed by atoms with E-state index in [9.17, 15) is 4.79 Å². The fraction of sp³-hybridized carbons (Fsp3) is 0.200. The Morgan fingerprint density at radius 2 is 1.86 bits per heavy atom. The van der Waals surface area contributed by atoms with Crippen molar-refractivity contribution in [2.24, 2.45) is 0 Å². The molecular formula is C10H12N2O2. The molecule has 2 rings (SSSR count). The monoisotopic (exact) mass is 192 g/mol. The van der Waals surface area contributed by atoms with E-state index in [0.29, 0.717) is 5.89 Å². The Bertz CT molecular complexity index is 417. The first-order chi connectivity index (χ1) is 6.86. The normalized spacial score (nSPS) is 9.00. The molecular weight excluding hydrogens is 180 g/mol. The summed E-state index contributed by atoms with van der Waals surface area (Å²) in [5, 5.41) is 2.13. The Kier molecular flexibility index (Phi) is 3.67. The molecule has 74 valence electrons. The van der Waals surface area contributed by atoms with E-state index in [2.05, 4.69) is 10.1 Å². The molecule has 0 bridgehead atoms. The number of nitrogens with one attached hydrogen (secondary N) is 1. The second-order valence-electron chi connectivity index (χ2n) is 2.29. The number of aromatic nitrogens is 2. The predicted octanol–water partition coefficient (Wildman–Crippen LogP) is 2.06. The molecule has 0 aliphatic carbocycles. The maximum absolute atomic E-state index is 10.6. The van der Waals surface area contributed by atoms with E-state index < -0.39 is 5.69 Å². The number of nitrogens with zero attached hydrogens (tertiary/aromatic N) is 1. The van der Waals surface area contributed by atoms with Crippen LogP contribution >= 0.6 is 0 Å². The second kappa shape index (κ2) is 5.01. The van der Waals surface area contributed by atoms with Crippen molar-refractivity contribution in [3.8, 4) is 11.5 Å². The van der Waals surface area contributed by atoms with Gasteiger partial charge in [-0.25, -0.2) is 4.79 Å². The van der Waals surface area contributed by atoms with Crippen LogP contribution in [0.3, 0.4) is 0 Å². The third kappa shape index (κ3) is 2.32. The SMILES string of the molecule is CC.O=c1nc(-c2ccccc2)o[nH]1. The smallest absolute Gasteiger partial charge is 0.357 e. The molecule has 0 amide bonds. The van der Waals surface area contributed by atoms with E-state index in [1.165, 1.54) is 0 Å². The number of aromatic amines is 1. The minimum absolute atomic E-state index is 0.320. The molecule has 1 heterocycles. The summed E-state index contributed by atoms with van der Waals surface area (Å²) in [5.74, 6) is 0.320. The number of H-pyrrole nitrogens is 1. The van der Waals surface area contributed by atoms with Crippen LogP contribution in [0.1, 0.15) is 13.8 Å². The molecule has 1 N–H and O–H groups in total. The van der Waals surface area contributed by atoms with Gasteiger partial charge in [-0.05, 0) is 12.1 Å². The third-order valence-electron chi connectivity index (χ3n) is 1.46. The van der Waals surface area contributed by atoms with Gasteiger partial charge in [-0.15, -0.1) is 0 Å². The Morgan fingerprint density at radius 1 is 1.21 bits per heavy atom. The van der Waals surface area contributed by atoms with Crippen molar-refractivity contribution in [3.05, 3.63) is 40.8 Å². The van der Waals surface area contributed by atoms with Crippen LogP contribution in [0.2, 0.25) is 0 Å². The summed E-state index contributed by atoms with van der Waals surface area (Å²) in [6.45, 7) is 4.00. The van der Waals surface area contributed by atoms with E-state index in [4.69, 9.17) is 4.52 Å². The summed E-state index contributed by atoms with van der Waals surface area (Å²) >= 11 is 0. The fourth-order valence-electron chi connectivity index (χ4n) is 0.934. The summed E-state index contributed by atoms with van der Waals surface area (Å²) < 4.78 is 4.80. The third-order valence-corrected chi connectivity index (χ3v) is 1.46. The van der Waals surface area contributed by atoms with E-state index >= 15 is 0 Å². The highest BCUT2D eigenvalue weighted by Crippen LogP contribution is 2.12. The summed E-state index contributed by atoms with van der Waals surface area (Å²) in [6, 6.07) is 9.22.